The fraction of sp³-hybridized carbons (Fsp3) is 0.333. The molecule has 0 bridgehead atoms. The van der Waals surface area contributed by atoms with Crippen LogP contribution < -0.4 is 10.6 Å². The average molecular weight is 361 g/mol. The summed E-state index contributed by atoms with van der Waals surface area (Å²) in [5.74, 6) is 0. The summed E-state index contributed by atoms with van der Waals surface area (Å²) in [5, 5.41) is 2.98. The van der Waals surface area contributed by atoms with E-state index in [0.29, 0.717) is 6.04 Å². The molecule has 0 fully saturated rings. The van der Waals surface area contributed by atoms with Gasteiger partial charge in [0.15, 0.2) is 0 Å². The highest BCUT2D eigenvalue weighted by Gasteiger charge is 2.25. The predicted octanol–water partition coefficient (Wildman–Crippen LogP) is 5.21. The van der Waals surface area contributed by atoms with Crippen molar-refractivity contribution in [3.8, 4) is 0 Å². The van der Waals surface area contributed by atoms with Crippen molar-refractivity contribution in [2.75, 3.05) is 12.7 Å². The Hall–Kier alpha value is -1.85. The first-order chi connectivity index (χ1) is 12.8. The van der Waals surface area contributed by atoms with Crippen LogP contribution in [0.1, 0.15) is 32.6 Å². The Labute approximate surface area is 159 Å². The summed E-state index contributed by atoms with van der Waals surface area (Å²) in [5.41, 5.74) is 3.22. The van der Waals surface area contributed by atoms with Gasteiger partial charge in [0.05, 0.1) is 0 Å². The van der Waals surface area contributed by atoms with E-state index in [9.17, 15) is 0 Å². The van der Waals surface area contributed by atoms with Crippen molar-refractivity contribution in [2.45, 2.75) is 38.6 Å². The molecule has 2 aromatic rings. The SMILES string of the molecule is CC1C=CC2=C(CCCC2)N1CCP(c1ccccc1)c1ccccc1. The zero-order valence-corrected chi connectivity index (χ0v) is 16.5. The van der Waals surface area contributed by atoms with Gasteiger partial charge in [-0.15, -0.1) is 0 Å². The molecular weight excluding hydrogens is 333 g/mol. The maximum Gasteiger partial charge on any atom is 0.0445 e. The van der Waals surface area contributed by atoms with E-state index < -0.39 is 0 Å². The summed E-state index contributed by atoms with van der Waals surface area (Å²) in [6.45, 7) is 3.50. The molecule has 1 heterocycles. The lowest BCUT2D eigenvalue weighted by Crippen LogP contribution is -2.37. The minimum absolute atomic E-state index is 0.308. The molecule has 2 aliphatic rings. The molecule has 0 radical (unpaired) electrons. The van der Waals surface area contributed by atoms with Gasteiger partial charge in [-0.1, -0.05) is 72.8 Å². The van der Waals surface area contributed by atoms with Gasteiger partial charge in [-0.05, 0) is 62.9 Å². The molecule has 1 atom stereocenters. The summed E-state index contributed by atoms with van der Waals surface area (Å²) in [7, 11) is -0.308. The first kappa shape index (κ1) is 17.6. The Morgan fingerprint density at radius 1 is 0.885 bits per heavy atom. The Kier molecular flexibility index (Phi) is 5.56. The first-order valence-corrected chi connectivity index (χ1v) is 11.4. The van der Waals surface area contributed by atoms with Crippen LogP contribution in [0.2, 0.25) is 0 Å². The van der Waals surface area contributed by atoms with Gasteiger partial charge < -0.3 is 4.90 Å². The number of hydrogen-bond donors (Lipinski definition) is 0. The van der Waals surface area contributed by atoms with Crippen molar-refractivity contribution >= 4 is 18.5 Å². The van der Waals surface area contributed by atoms with Crippen LogP contribution >= 0.6 is 7.92 Å². The Morgan fingerprint density at radius 3 is 2.15 bits per heavy atom. The maximum absolute atomic E-state index is 2.69. The molecule has 2 heteroatoms. The van der Waals surface area contributed by atoms with Crippen LogP contribution in [0.15, 0.2) is 84.1 Å². The first-order valence-electron chi connectivity index (χ1n) is 9.87. The van der Waals surface area contributed by atoms with Crippen LogP contribution in [0, 0.1) is 0 Å². The predicted molar refractivity (Wildman–Crippen MR) is 115 cm³/mol. The molecule has 0 amide bonds. The second kappa shape index (κ2) is 8.23. The van der Waals surface area contributed by atoms with Gasteiger partial charge in [-0.25, -0.2) is 0 Å². The lowest BCUT2D eigenvalue weighted by Gasteiger charge is -2.39. The van der Waals surface area contributed by atoms with Crippen molar-refractivity contribution in [1.82, 2.24) is 4.90 Å². The zero-order chi connectivity index (χ0) is 17.8. The van der Waals surface area contributed by atoms with E-state index in [1.807, 2.05) is 0 Å². The van der Waals surface area contributed by atoms with E-state index in [-0.39, 0.29) is 7.92 Å². The molecule has 2 aromatic carbocycles. The molecule has 1 aliphatic carbocycles. The summed E-state index contributed by atoms with van der Waals surface area (Å²) in [4.78, 5) is 2.69. The summed E-state index contributed by atoms with van der Waals surface area (Å²) in [6.07, 6.45) is 11.2. The van der Waals surface area contributed by atoms with Gasteiger partial charge in [0.1, 0.15) is 0 Å². The van der Waals surface area contributed by atoms with Crippen LogP contribution in [0.5, 0.6) is 0 Å². The van der Waals surface area contributed by atoms with E-state index in [1.54, 1.807) is 11.3 Å². The fourth-order valence-corrected chi connectivity index (χ4v) is 6.49. The van der Waals surface area contributed by atoms with E-state index in [0.717, 1.165) is 6.54 Å². The largest absolute Gasteiger partial charge is 0.368 e. The molecule has 1 unspecified atom stereocenters. The Morgan fingerprint density at radius 2 is 1.50 bits per heavy atom. The molecule has 0 spiro atoms. The summed E-state index contributed by atoms with van der Waals surface area (Å²) >= 11 is 0. The van der Waals surface area contributed by atoms with E-state index in [4.69, 9.17) is 0 Å². The van der Waals surface area contributed by atoms with E-state index in [2.05, 4.69) is 84.6 Å². The topological polar surface area (TPSA) is 3.24 Å². The third-order valence-corrected chi connectivity index (χ3v) is 8.09. The quantitative estimate of drug-likeness (QED) is 0.661. The summed E-state index contributed by atoms with van der Waals surface area (Å²) in [6, 6.07) is 22.7. The highest BCUT2D eigenvalue weighted by atomic mass is 31.1. The van der Waals surface area contributed by atoms with Crippen LogP contribution in [0.3, 0.4) is 0 Å². The number of rotatable bonds is 5. The number of nitrogens with zero attached hydrogens (tertiary/aromatic N) is 1. The Balaban J connectivity index is 1.57. The van der Waals surface area contributed by atoms with Gasteiger partial charge in [0, 0.05) is 18.3 Å². The van der Waals surface area contributed by atoms with Crippen molar-refractivity contribution in [1.29, 1.82) is 0 Å². The number of benzene rings is 2. The molecule has 134 valence electrons. The van der Waals surface area contributed by atoms with Crippen molar-refractivity contribution in [3.63, 3.8) is 0 Å². The van der Waals surface area contributed by atoms with Crippen molar-refractivity contribution < 1.29 is 0 Å². The molecular formula is C24H28NP. The molecule has 1 aliphatic heterocycles. The summed E-state index contributed by atoms with van der Waals surface area (Å²) < 4.78 is 0. The van der Waals surface area contributed by atoms with Crippen LogP contribution in [-0.4, -0.2) is 23.6 Å². The molecule has 0 saturated carbocycles. The van der Waals surface area contributed by atoms with E-state index >= 15 is 0 Å². The smallest absolute Gasteiger partial charge is 0.0445 e. The molecule has 26 heavy (non-hydrogen) atoms. The van der Waals surface area contributed by atoms with Crippen LogP contribution in [0.25, 0.3) is 0 Å². The second-order valence-electron chi connectivity index (χ2n) is 7.29. The lowest BCUT2D eigenvalue weighted by molar-refractivity contribution is 0.295. The normalized spacial score (nSPS) is 19.8. The highest BCUT2D eigenvalue weighted by Crippen LogP contribution is 2.37. The zero-order valence-electron chi connectivity index (χ0n) is 15.6. The average Bonchev–Trinajstić information content (AvgIpc) is 2.71. The third kappa shape index (κ3) is 3.79. The lowest BCUT2D eigenvalue weighted by atomic mass is 9.91. The molecule has 0 saturated heterocycles. The highest BCUT2D eigenvalue weighted by molar-refractivity contribution is 7.73. The van der Waals surface area contributed by atoms with Crippen LogP contribution in [-0.2, 0) is 0 Å². The maximum atomic E-state index is 2.69. The molecule has 0 N–H and O–H groups in total. The Bertz CT molecular complexity index is 739. The fourth-order valence-electron chi connectivity index (χ4n) is 4.19. The minimum atomic E-state index is -0.308. The second-order valence-corrected chi connectivity index (χ2v) is 9.63. The minimum Gasteiger partial charge on any atom is -0.368 e. The van der Waals surface area contributed by atoms with Gasteiger partial charge >= 0.3 is 0 Å². The monoisotopic (exact) mass is 361 g/mol. The van der Waals surface area contributed by atoms with Gasteiger partial charge in [-0.3, -0.25) is 0 Å². The van der Waals surface area contributed by atoms with Crippen molar-refractivity contribution in [2.24, 2.45) is 0 Å². The van der Waals surface area contributed by atoms with E-state index in [1.165, 1.54) is 42.5 Å². The van der Waals surface area contributed by atoms with Gasteiger partial charge in [0.25, 0.3) is 0 Å². The van der Waals surface area contributed by atoms with Gasteiger partial charge in [0.2, 0.25) is 0 Å². The molecule has 4 rings (SSSR count). The van der Waals surface area contributed by atoms with Crippen LogP contribution in [0.4, 0.5) is 0 Å². The number of allylic oxidation sites excluding steroid dienone is 3. The standard InChI is InChI=1S/C24H28NP/c1-20-16-17-21-10-8-9-15-24(21)25(20)18-19-26(22-11-4-2-5-12-22)23-13-6-3-7-14-23/h2-7,11-14,16-17,20H,8-10,15,18-19H2,1H3. The molecule has 0 aromatic heterocycles. The third-order valence-electron chi connectivity index (χ3n) is 5.59. The number of hydrogen-bond acceptors (Lipinski definition) is 1. The van der Waals surface area contributed by atoms with Crippen molar-refractivity contribution in [3.05, 3.63) is 84.1 Å². The van der Waals surface area contributed by atoms with Gasteiger partial charge in [-0.2, -0.15) is 0 Å². The molecule has 1 nitrogen and oxygen atoms in total.